The lowest BCUT2D eigenvalue weighted by Crippen LogP contribution is -2.50. The van der Waals surface area contributed by atoms with Gasteiger partial charge in [0.2, 0.25) is 0 Å². The van der Waals surface area contributed by atoms with Crippen molar-refractivity contribution in [2.24, 2.45) is 0 Å². The Labute approximate surface area is 179 Å². The molecule has 7 nitrogen and oxygen atoms in total. The minimum Gasteiger partial charge on any atom is -0.494 e. The number of hydrogen-bond acceptors (Lipinski definition) is 4. The summed E-state index contributed by atoms with van der Waals surface area (Å²) in [6.45, 7) is 7.39. The number of rotatable bonds is 10. The highest BCUT2D eigenvalue weighted by Crippen LogP contribution is 2.17. The number of benzene rings is 1. The molecule has 1 saturated heterocycles. The van der Waals surface area contributed by atoms with Crippen molar-refractivity contribution >= 4 is 23.4 Å². The van der Waals surface area contributed by atoms with Crippen LogP contribution in [0.4, 0.5) is 4.79 Å². The monoisotopic (exact) mass is 421 g/mol. The van der Waals surface area contributed by atoms with E-state index in [-0.39, 0.29) is 6.03 Å². The number of hydrazine groups is 1. The second-order valence-electron chi connectivity index (χ2n) is 7.30. The molecule has 8 heteroatoms. The largest absolute Gasteiger partial charge is 0.494 e. The maximum atomic E-state index is 11.5. The third-order valence-corrected chi connectivity index (χ3v) is 4.98. The van der Waals surface area contributed by atoms with E-state index in [1.54, 1.807) is 0 Å². The number of urea groups is 1. The van der Waals surface area contributed by atoms with Gasteiger partial charge in [-0.1, -0.05) is 31.9 Å². The maximum Gasteiger partial charge on any atom is 0.333 e. The SMILES string of the molecule is CCCCNC(=O)NNC(=S)NCCCOc1cccc(CN2CCCCC2)c1. The first-order chi connectivity index (χ1) is 14.2. The molecule has 1 heterocycles. The number of carbonyl (C=O) groups is 1. The molecular formula is C21H35N5O2S. The zero-order valence-electron chi connectivity index (χ0n) is 17.5. The molecule has 0 spiro atoms. The Morgan fingerprint density at radius 2 is 1.90 bits per heavy atom. The van der Waals surface area contributed by atoms with Crippen LogP contribution in [0, 0.1) is 0 Å². The number of thiocarbonyl (C=S) groups is 1. The van der Waals surface area contributed by atoms with Crippen LogP contribution in [0.3, 0.4) is 0 Å². The average molecular weight is 422 g/mol. The number of ether oxygens (including phenoxy) is 1. The Kier molecular flexibility index (Phi) is 11.2. The van der Waals surface area contributed by atoms with Crippen molar-refractivity contribution in [1.82, 2.24) is 26.4 Å². The number of unbranched alkanes of at least 4 members (excludes halogenated alkanes) is 1. The van der Waals surface area contributed by atoms with Crippen LogP contribution in [0.1, 0.15) is 51.0 Å². The highest BCUT2D eigenvalue weighted by molar-refractivity contribution is 7.80. The van der Waals surface area contributed by atoms with E-state index in [4.69, 9.17) is 17.0 Å². The molecule has 1 aromatic rings. The van der Waals surface area contributed by atoms with Gasteiger partial charge in [0.05, 0.1) is 6.61 Å². The van der Waals surface area contributed by atoms with Crippen molar-refractivity contribution in [1.29, 1.82) is 0 Å². The van der Waals surface area contributed by atoms with Crippen LogP contribution in [0.2, 0.25) is 0 Å². The van der Waals surface area contributed by atoms with Gasteiger partial charge in [-0.05, 0) is 68.7 Å². The summed E-state index contributed by atoms with van der Waals surface area (Å²) in [4.78, 5) is 14.0. The van der Waals surface area contributed by atoms with E-state index in [9.17, 15) is 4.79 Å². The summed E-state index contributed by atoms with van der Waals surface area (Å²) in [6.07, 6.45) is 6.77. The molecule has 2 amide bonds. The second kappa shape index (κ2) is 14.0. The number of nitrogens with one attached hydrogen (secondary N) is 4. The summed E-state index contributed by atoms with van der Waals surface area (Å²) in [6, 6.07) is 8.08. The summed E-state index contributed by atoms with van der Waals surface area (Å²) >= 11 is 5.14. The van der Waals surface area contributed by atoms with Gasteiger partial charge in [0.25, 0.3) is 0 Å². The molecule has 0 bridgehead atoms. The summed E-state index contributed by atoms with van der Waals surface area (Å²) in [7, 11) is 0. The molecule has 0 atom stereocenters. The van der Waals surface area contributed by atoms with Crippen molar-refractivity contribution < 1.29 is 9.53 Å². The van der Waals surface area contributed by atoms with Gasteiger partial charge in [-0.15, -0.1) is 0 Å². The fraction of sp³-hybridized carbons (Fsp3) is 0.619. The van der Waals surface area contributed by atoms with Gasteiger partial charge in [-0.25, -0.2) is 10.2 Å². The number of carbonyl (C=O) groups excluding carboxylic acids is 1. The van der Waals surface area contributed by atoms with Gasteiger partial charge in [0.15, 0.2) is 5.11 Å². The van der Waals surface area contributed by atoms with Crippen LogP contribution in [-0.4, -0.2) is 48.8 Å². The van der Waals surface area contributed by atoms with E-state index < -0.39 is 0 Å². The molecule has 0 saturated carbocycles. The number of amides is 2. The van der Waals surface area contributed by atoms with Crippen molar-refractivity contribution in [3.8, 4) is 5.75 Å². The maximum absolute atomic E-state index is 11.5. The predicted octanol–water partition coefficient (Wildman–Crippen LogP) is 2.92. The Hall–Kier alpha value is -2.06. The van der Waals surface area contributed by atoms with Crippen molar-refractivity contribution in [3.05, 3.63) is 29.8 Å². The molecule has 0 unspecified atom stereocenters. The number of piperidine rings is 1. The van der Waals surface area contributed by atoms with Gasteiger partial charge in [0.1, 0.15) is 5.75 Å². The molecule has 4 N–H and O–H groups in total. The standard InChI is InChI=1S/C21H35N5O2S/c1-2-3-11-22-20(27)24-25-21(29)23-12-8-15-28-19-10-7-9-18(16-19)17-26-13-5-4-6-14-26/h7,9-10,16H,2-6,8,11-15,17H2,1H3,(H2,22,24,27)(H2,23,25,29). The molecule has 0 radical (unpaired) electrons. The fourth-order valence-corrected chi connectivity index (χ4v) is 3.31. The minimum absolute atomic E-state index is 0.282. The van der Waals surface area contributed by atoms with Gasteiger partial charge < -0.3 is 15.4 Å². The highest BCUT2D eigenvalue weighted by Gasteiger charge is 2.10. The topological polar surface area (TPSA) is 77.7 Å². The molecule has 1 aromatic carbocycles. The third kappa shape index (κ3) is 10.3. The Morgan fingerprint density at radius 1 is 1.10 bits per heavy atom. The summed E-state index contributed by atoms with van der Waals surface area (Å²) < 4.78 is 5.87. The lowest BCUT2D eigenvalue weighted by Gasteiger charge is -2.26. The van der Waals surface area contributed by atoms with E-state index in [0.717, 1.165) is 31.6 Å². The van der Waals surface area contributed by atoms with Crippen molar-refractivity contribution in [2.75, 3.05) is 32.8 Å². The van der Waals surface area contributed by atoms with Crippen LogP contribution < -0.4 is 26.2 Å². The van der Waals surface area contributed by atoms with Gasteiger partial charge in [-0.2, -0.15) is 0 Å². The molecule has 162 valence electrons. The summed E-state index contributed by atoms with van der Waals surface area (Å²) in [5, 5.41) is 6.18. The predicted molar refractivity (Wildman–Crippen MR) is 121 cm³/mol. The summed E-state index contributed by atoms with van der Waals surface area (Å²) in [5.74, 6) is 0.908. The first-order valence-electron chi connectivity index (χ1n) is 10.7. The molecule has 29 heavy (non-hydrogen) atoms. The fourth-order valence-electron chi connectivity index (χ4n) is 3.15. The van der Waals surface area contributed by atoms with Crippen molar-refractivity contribution in [3.63, 3.8) is 0 Å². The molecule has 1 aliphatic heterocycles. The molecule has 0 aromatic heterocycles. The van der Waals surface area contributed by atoms with Crippen LogP contribution in [0.15, 0.2) is 24.3 Å². The molecular weight excluding hydrogens is 386 g/mol. The van der Waals surface area contributed by atoms with E-state index in [1.165, 1.54) is 37.9 Å². The van der Waals surface area contributed by atoms with Crippen LogP contribution in [-0.2, 0) is 6.54 Å². The first-order valence-corrected chi connectivity index (χ1v) is 11.1. The van der Waals surface area contributed by atoms with Crippen LogP contribution >= 0.6 is 12.2 Å². The Bertz CT molecular complexity index is 623. The van der Waals surface area contributed by atoms with E-state index in [2.05, 4.69) is 51.5 Å². The second-order valence-corrected chi connectivity index (χ2v) is 7.71. The zero-order chi connectivity index (χ0) is 20.7. The normalized spacial score (nSPS) is 14.1. The van der Waals surface area contributed by atoms with Gasteiger partial charge in [-0.3, -0.25) is 10.3 Å². The lowest BCUT2D eigenvalue weighted by molar-refractivity contribution is 0.220. The van der Waals surface area contributed by atoms with Gasteiger partial charge in [0, 0.05) is 19.6 Å². The van der Waals surface area contributed by atoms with Gasteiger partial charge >= 0.3 is 6.03 Å². The number of hydrogen-bond donors (Lipinski definition) is 4. The lowest BCUT2D eigenvalue weighted by atomic mass is 10.1. The smallest absolute Gasteiger partial charge is 0.333 e. The molecule has 1 aliphatic rings. The number of nitrogens with zero attached hydrogens (tertiary/aromatic N) is 1. The molecule has 0 aliphatic carbocycles. The van der Waals surface area contributed by atoms with E-state index in [0.29, 0.717) is 24.8 Å². The number of likely N-dealkylation sites (tertiary alicyclic amines) is 1. The highest BCUT2D eigenvalue weighted by atomic mass is 32.1. The molecule has 2 rings (SSSR count). The average Bonchev–Trinajstić information content (AvgIpc) is 2.73. The van der Waals surface area contributed by atoms with Crippen LogP contribution in [0.25, 0.3) is 0 Å². The zero-order valence-corrected chi connectivity index (χ0v) is 18.3. The molecule has 1 fully saturated rings. The first kappa shape index (κ1) is 23.2. The van der Waals surface area contributed by atoms with Crippen molar-refractivity contribution in [2.45, 2.75) is 52.0 Å². The third-order valence-electron chi connectivity index (χ3n) is 4.73. The quantitative estimate of drug-likeness (QED) is 0.264. The Morgan fingerprint density at radius 3 is 2.69 bits per heavy atom. The van der Waals surface area contributed by atoms with Crippen LogP contribution in [0.5, 0.6) is 5.75 Å². The summed E-state index contributed by atoms with van der Waals surface area (Å²) in [5.41, 5.74) is 6.49. The van der Waals surface area contributed by atoms with E-state index in [1.807, 2.05) is 6.07 Å². The minimum atomic E-state index is -0.282. The van der Waals surface area contributed by atoms with E-state index >= 15 is 0 Å². The Balaban J connectivity index is 1.55.